The smallest absolute Gasteiger partial charge is 0.259 e. The number of benzene rings is 2. The molecule has 0 saturated carbocycles. The van der Waals surface area contributed by atoms with Crippen molar-refractivity contribution in [2.45, 2.75) is 13.0 Å². The van der Waals surface area contributed by atoms with Gasteiger partial charge in [0.1, 0.15) is 11.5 Å². The van der Waals surface area contributed by atoms with Crippen molar-refractivity contribution in [3.8, 4) is 11.1 Å². The Balaban J connectivity index is 1.29. The standard InChI is InChI=1S/C32H33N5O4S/c1-21-20-41-16-13-36(21)28-18-29(38)37-10-4-7-25(32(37)33-28)23-5-3-6-24-26-17-22(8-9-27(26)42-31(23)24)34(2)30(39)19-35-11-14-40-15-12-35/h3-10,17-18,21H,11-16,19-20H2,1-2H3/t21-/m0/s1. The van der Waals surface area contributed by atoms with Gasteiger partial charge in [-0.05, 0) is 37.3 Å². The normalized spacial score (nSPS) is 18.2. The van der Waals surface area contributed by atoms with E-state index in [-0.39, 0.29) is 17.5 Å². The highest BCUT2D eigenvalue weighted by Gasteiger charge is 2.23. The van der Waals surface area contributed by atoms with E-state index in [4.69, 9.17) is 14.5 Å². The molecule has 2 aliphatic rings. The van der Waals surface area contributed by atoms with Crippen LogP contribution in [0.2, 0.25) is 0 Å². The van der Waals surface area contributed by atoms with Crippen LogP contribution in [-0.2, 0) is 14.3 Å². The maximum Gasteiger partial charge on any atom is 0.259 e. The van der Waals surface area contributed by atoms with E-state index >= 15 is 0 Å². The number of likely N-dealkylation sites (N-methyl/N-ethyl adjacent to an activating group) is 1. The minimum atomic E-state index is -0.103. The molecule has 42 heavy (non-hydrogen) atoms. The van der Waals surface area contributed by atoms with Gasteiger partial charge in [-0.3, -0.25) is 18.9 Å². The Bertz CT molecular complexity index is 1860. The molecule has 5 heterocycles. The number of ether oxygens (including phenoxy) is 2. The summed E-state index contributed by atoms with van der Waals surface area (Å²) in [5, 5.41) is 2.22. The van der Waals surface area contributed by atoms with Crippen LogP contribution < -0.4 is 15.4 Å². The summed E-state index contributed by atoms with van der Waals surface area (Å²) in [7, 11) is 1.84. The molecule has 0 bridgehead atoms. The van der Waals surface area contributed by atoms with Crippen LogP contribution in [0.3, 0.4) is 0 Å². The van der Waals surface area contributed by atoms with Crippen LogP contribution in [0, 0.1) is 0 Å². The molecule has 0 radical (unpaired) electrons. The summed E-state index contributed by atoms with van der Waals surface area (Å²) >= 11 is 1.72. The first-order chi connectivity index (χ1) is 20.5. The Labute approximate surface area is 247 Å². The van der Waals surface area contributed by atoms with Crippen molar-refractivity contribution < 1.29 is 14.3 Å². The Morgan fingerprint density at radius 1 is 1.00 bits per heavy atom. The number of thiophene rings is 1. The molecule has 0 spiro atoms. The summed E-state index contributed by atoms with van der Waals surface area (Å²) in [6.07, 6.45) is 1.78. The lowest BCUT2D eigenvalue weighted by Gasteiger charge is -2.34. The lowest BCUT2D eigenvalue weighted by Crippen LogP contribution is -2.44. The zero-order chi connectivity index (χ0) is 28.8. The molecule has 2 aromatic carbocycles. The number of anilines is 2. The van der Waals surface area contributed by atoms with Gasteiger partial charge in [-0.25, -0.2) is 4.98 Å². The van der Waals surface area contributed by atoms with Crippen LogP contribution >= 0.6 is 11.3 Å². The maximum atomic E-state index is 13.2. The number of morpholine rings is 2. The van der Waals surface area contributed by atoms with E-state index in [0.717, 1.165) is 50.1 Å². The quantitative estimate of drug-likeness (QED) is 0.306. The predicted molar refractivity (Wildman–Crippen MR) is 168 cm³/mol. The average Bonchev–Trinajstić information content (AvgIpc) is 3.39. The molecule has 9 nitrogen and oxygen atoms in total. The van der Waals surface area contributed by atoms with Gasteiger partial charge in [0.2, 0.25) is 5.91 Å². The molecule has 0 aliphatic carbocycles. The van der Waals surface area contributed by atoms with E-state index in [1.54, 1.807) is 32.9 Å². The van der Waals surface area contributed by atoms with Crippen molar-refractivity contribution >= 4 is 54.6 Å². The van der Waals surface area contributed by atoms with Crippen LogP contribution in [0.25, 0.3) is 36.9 Å². The van der Waals surface area contributed by atoms with E-state index in [0.29, 0.717) is 51.0 Å². The van der Waals surface area contributed by atoms with E-state index < -0.39 is 0 Å². The molecule has 2 saturated heterocycles. The molecule has 10 heteroatoms. The number of pyridine rings is 1. The van der Waals surface area contributed by atoms with Gasteiger partial charge in [0.15, 0.2) is 0 Å². The van der Waals surface area contributed by atoms with E-state index in [1.807, 2.05) is 25.2 Å². The molecule has 5 aromatic rings. The summed E-state index contributed by atoms with van der Waals surface area (Å²) in [6.45, 7) is 7.28. The van der Waals surface area contributed by atoms with Crippen LogP contribution in [-0.4, -0.2) is 85.9 Å². The van der Waals surface area contributed by atoms with Crippen molar-refractivity contribution in [3.05, 3.63) is 71.1 Å². The Hall–Kier alpha value is -3.83. The van der Waals surface area contributed by atoms with Gasteiger partial charge in [0, 0.05) is 75.9 Å². The van der Waals surface area contributed by atoms with Crippen LogP contribution in [0.5, 0.6) is 0 Å². The molecule has 7 rings (SSSR count). The molecule has 3 aromatic heterocycles. The number of nitrogens with zero attached hydrogens (tertiary/aromatic N) is 5. The number of aromatic nitrogens is 2. The summed E-state index contributed by atoms with van der Waals surface area (Å²) in [5.41, 5.74) is 3.34. The summed E-state index contributed by atoms with van der Waals surface area (Å²) < 4.78 is 14.9. The first kappa shape index (κ1) is 27.0. The minimum absolute atomic E-state index is 0.0640. The van der Waals surface area contributed by atoms with Crippen molar-refractivity contribution in [3.63, 3.8) is 0 Å². The second kappa shape index (κ2) is 11.1. The lowest BCUT2D eigenvalue weighted by molar-refractivity contribution is -0.120. The lowest BCUT2D eigenvalue weighted by atomic mass is 10.0. The average molecular weight is 584 g/mol. The molecule has 1 atom stereocenters. The summed E-state index contributed by atoms with van der Waals surface area (Å²) in [5.74, 6) is 0.746. The number of rotatable bonds is 5. The first-order valence-corrected chi connectivity index (χ1v) is 15.2. The fourth-order valence-electron chi connectivity index (χ4n) is 5.95. The first-order valence-electron chi connectivity index (χ1n) is 14.4. The van der Waals surface area contributed by atoms with Crippen LogP contribution in [0.4, 0.5) is 11.5 Å². The monoisotopic (exact) mass is 583 g/mol. The van der Waals surface area contributed by atoms with Crippen molar-refractivity contribution in [2.24, 2.45) is 0 Å². The third-order valence-corrected chi connectivity index (χ3v) is 9.55. The molecular formula is C32H33N5O4S. The molecule has 0 N–H and O–H groups in total. The highest BCUT2D eigenvalue weighted by atomic mass is 32.1. The number of hydrogen-bond donors (Lipinski definition) is 0. The van der Waals surface area contributed by atoms with E-state index in [1.165, 1.54) is 0 Å². The van der Waals surface area contributed by atoms with Gasteiger partial charge in [0.25, 0.3) is 5.56 Å². The number of fused-ring (bicyclic) bond motifs is 4. The zero-order valence-corrected chi connectivity index (χ0v) is 24.6. The minimum Gasteiger partial charge on any atom is -0.379 e. The van der Waals surface area contributed by atoms with Crippen LogP contribution in [0.1, 0.15) is 6.92 Å². The Kier molecular flexibility index (Phi) is 7.15. The van der Waals surface area contributed by atoms with Gasteiger partial charge >= 0.3 is 0 Å². The highest BCUT2D eigenvalue weighted by molar-refractivity contribution is 7.26. The van der Waals surface area contributed by atoms with Gasteiger partial charge < -0.3 is 19.3 Å². The second-order valence-electron chi connectivity index (χ2n) is 11.0. The van der Waals surface area contributed by atoms with Crippen molar-refractivity contribution in [1.29, 1.82) is 0 Å². The maximum absolute atomic E-state index is 13.2. The van der Waals surface area contributed by atoms with Crippen LogP contribution in [0.15, 0.2) is 65.6 Å². The molecule has 2 aliphatic heterocycles. The van der Waals surface area contributed by atoms with Crippen molar-refractivity contribution in [2.75, 3.05) is 69.5 Å². The zero-order valence-electron chi connectivity index (χ0n) is 23.8. The molecule has 216 valence electrons. The van der Waals surface area contributed by atoms with E-state index in [9.17, 15) is 9.59 Å². The topological polar surface area (TPSA) is 79.6 Å². The van der Waals surface area contributed by atoms with Gasteiger partial charge in [-0.2, -0.15) is 0 Å². The summed E-state index contributed by atoms with van der Waals surface area (Å²) in [4.78, 5) is 37.4. The molecule has 2 fully saturated rings. The molecule has 0 unspecified atom stereocenters. The predicted octanol–water partition coefficient (Wildman–Crippen LogP) is 4.25. The van der Waals surface area contributed by atoms with Gasteiger partial charge in [-0.1, -0.05) is 18.2 Å². The Morgan fingerprint density at radius 3 is 2.64 bits per heavy atom. The third-order valence-electron chi connectivity index (χ3n) is 8.33. The molecule has 1 amide bonds. The highest BCUT2D eigenvalue weighted by Crippen LogP contribution is 2.42. The largest absolute Gasteiger partial charge is 0.379 e. The third kappa shape index (κ3) is 4.84. The summed E-state index contributed by atoms with van der Waals surface area (Å²) in [6, 6.07) is 18.2. The SMILES string of the molecule is C[C@H]1COCCN1c1cc(=O)n2cccc(-c3cccc4c3sc3ccc(N(C)C(=O)CN5CCOCC5)cc34)c2n1. The van der Waals surface area contributed by atoms with Crippen molar-refractivity contribution in [1.82, 2.24) is 14.3 Å². The van der Waals surface area contributed by atoms with Gasteiger partial charge in [0.05, 0.1) is 39.0 Å². The molecular weight excluding hydrogens is 550 g/mol. The second-order valence-corrected chi connectivity index (χ2v) is 12.0. The number of carbonyl (C=O) groups excluding carboxylic acids is 1. The Morgan fingerprint density at radius 2 is 1.81 bits per heavy atom. The van der Waals surface area contributed by atoms with E-state index in [2.05, 4.69) is 47.1 Å². The number of carbonyl (C=O) groups is 1. The van der Waals surface area contributed by atoms with Gasteiger partial charge in [-0.15, -0.1) is 11.3 Å². The number of hydrogen-bond acceptors (Lipinski definition) is 8. The fourth-order valence-corrected chi connectivity index (χ4v) is 7.16. The fraction of sp³-hybridized carbons (Fsp3) is 0.344. The number of amides is 1.